The van der Waals surface area contributed by atoms with Crippen molar-refractivity contribution in [2.75, 3.05) is 11.9 Å². The van der Waals surface area contributed by atoms with Gasteiger partial charge in [0.05, 0.1) is 12.7 Å². The maximum atomic E-state index is 12.9. The number of aryl methyl sites for hydroxylation is 1. The number of halogens is 1. The molecule has 0 aliphatic heterocycles. The second-order valence-electron chi connectivity index (χ2n) is 4.07. The zero-order chi connectivity index (χ0) is 13.8. The summed E-state index contributed by atoms with van der Waals surface area (Å²) in [6.45, 7) is 2.63. The van der Waals surface area contributed by atoms with Crippen LogP contribution in [0.2, 0.25) is 0 Å². The van der Waals surface area contributed by atoms with Gasteiger partial charge in [-0.3, -0.25) is 9.48 Å². The van der Waals surface area contributed by atoms with Gasteiger partial charge in [-0.15, -0.1) is 5.10 Å². The molecule has 0 radical (unpaired) electrons. The van der Waals surface area contributed by atoms with E-state index in [9.17, 15) is 9.18 Å². The molecule has 1 heterocycles. The molecule has 0 bridgehead atoms. The standard InChI is InChI=1S/C12H14FN5O/c1-8-6-9(13)2-3-10(8)15-12(19)11-7-18(5-4-14)17-16-11/h2-3,6-7H,4-5,14H2,1H3,(H,15,19). The van der Waals surface area contributed by atoms with Gasteiger partial charge in [0, 0.05) is 12.2 Å². The monoisotopic (exact) mass is 263 g/mol. The SMILES string of the molecule is Cc1cc(F)ccc1NC(=O)c1cn(CCN)nn1. The summed E-state index contributed by atoms with van der Waals surface area (Å²) in [5.41, 5.74) is 6.75. The number of nitrogens with two attached hydrogens (primary N) is 1. The number of nitrogens with zero attached hydrogens (tertiary/aromatic N) is 3. The zero-order valence-electron chi connectivity index (χ0n) is 10.4. The molecule has 0 unspecified atom stereocenters. The fraction of sp³-hybridized carbons (Fsp3) is 0.250. The maximum absolute atomic E-state index is 12.9. The van der Waals surface area contributed by atoms with E-state index in [1.54, 1.807) is 6.92 Å². The van der Waals surface area contributed by atoms with Crippen LogP contribution in [-0.4, -0.2) is 27.4 Å². The molecule has 0 saturated carbocycles. The highest BCUT2D eigenvalue weighted by Crippen LogP contribution is 2.16. The van der Waals surface area contributed by atoms with Crippen molar-refractivity contribution in [2.24, 2.45) is 5.73 Å². The van der Waals surface area contributed by atoms with Crippen LogP contribution in [0.1, 0.15) is 16.1 Å². The Morgan fingerprint density at radius 1 is 1.53 bits per heavy atom. The number of hydrogen-bond donors (Lipinski definition) is 2. The Hall–Kier alpha value is -2.28. The van der Waals surface area contributed by atoms with Gasteiger partial charge in [0.25, 0.3) is 5.91 Å². The second-order valence-corrected chi connectivity index (χ2v) is 4.07. The van der Waals surface area contributed by atoms with E-state index in [0.29, 0.717) is 24.3 Å². The fourth-order valence-electron chi connectivity index (χ4n) is 1.60. The van der Waals surface area contributed by atoms with Gasteiger partial charge >= 0.3 is 0 Å². The molecule has 0 saturated heterocycles. The van der Waals surface area contributed by atoms with Crippen LogP contribution >= 0.6 is 0 Å². The molecule has 6 nitrogen and oxygen atoms in total. The number of nitrogens with one attached hydrogen (secondary N) is 1. The minimum absolute atomic E-state index is 0.192. The van der Waals surface area contributed by atoms with E-state index in [1.807, 2.05) is 0 Å². The van der Waals surface area contributed by atoms with E-state index in [2.05, 4.69) is 15.6 Å². The first-order valence-corrected chi connectivity index (χ1v) is 5.78. The Balaban J connectivity index is 2.11. The summed E-state index contributed by atoms with van der Waals surface area (Å²) >= 11 is 0. The van der Waals surface area contributed by atoms with Crippen LogP contribution in [-0.2, 0) is 6.54 Å². The summed E-state index contributed by atoms with van der Waals surface area (Å²) in [5, 5.41) is 10.2. The topological polar surface area (TPSA) is 85.8 Å². The molecular formula is C12H14FN5O. The average molecular weight is 263 g/mol. The third-order valence-corrected chi connectivity index (χ3v) is 2.57. The minimum Gasteiger partial charge on any atom is -0.329 e. The van der Waals surface area contributed by atoms with Gasteiger partial charge in [0.15, 0.2) is 5.69 Å². The van der Waals surface area contributed by atoms with Gasteiger partial charge < -0.3 is 11.1 Å². The third kappa shape index (κ3) is 3.14. The molecule has 7 heteroatoms. The molecule has 0 spiro atoms. The number of anilines is 1. The molecule has 1 aromatic heterocycles. The van der Waals surface area contributed by atoms with Crippen LogP contribution in [0.25, 0.3) is 0 Å². The molecule has 0 aliphatic carbocycles. The first kappa shape index (κ1) is 13.2. The van der Waals surface area contributed by atoms with Gasteiger partial charge in [-0.25, -0.2) is 4.39 Å². The second kappa shape index (κ2) is 5.57. The van der Waals surface area contributed by atoms with Gasteiger partial charge in [0.1, 0.15) is 5.82 Å². The number of hydrogen-bond acceptors (Lipinski definition) is 4. The van der Waals surface area contributed by atoms with Crippen LogP contribution in [0.5, 0.6) is 0 Å². The van der Waals surface area contributed by atoms with Crippen molar-refractivity contribution in [3.05, 3.63) is 41.5 Å². The van der Waals surface area contributed by atoms with Gasteiger partial charge in [-0.05, 0) is 30.7 Å². The maximum Gasteiger partial charge on any atom is 0.277 e. The van der Waals surface area contributed by atoms with Gasteiger partial charge in [-0.2, -0.15) is 0 Å². The molecule has 3 N–H and O–H groups in total. The van der Waals surface area contributed by atoms with E-state index >= 15 is 0 Å². The van der Waals surface area contributed by atoms with E-state index < -0.39 is 5.91 Å². The Labute approximate surface area is 109 Å². The van der Waals surface area contributed by atoms with E-state index in [0.717, 1.165) is 0 Å². The van der Waals surface area contributed by atoms with Crippen LogP contribution < -0.4 is 11.1 Å². The van der Waals surface area contributed by atoms with E-state index in [4.69, 9.17) is 5.73 Å². The third-order valence-electron chi connectivity index (χ3n) is 2.57. The molecule has 1 amide bonds. The van der Waals surface area contributed by atoms with Crippen LogP contribution in [0.3, 0.4) is 0 Å². The zero-order valence-corrected chi connectivity index (χ0v) is 10.4. The number of amides is 1. The smallest absolute Gasteiger partial charge is 0.277 e. The van der Waals surface area contributed by atoms with Crippen molar-refractivity contribution in [3.8, 4) is 0 Å². The minimum atomic E-state index is -0.391. The van der Waals surface area contributed by atoms with Crippen LogP contribution in [0.4, 0.5) is 10.1 Å². The number of carbonyl (C=O) groups is 1. The molecule has 0 fully saturated rings. The summed E-state index contributed by atoms with van der Waals surface area (Å²) in [6.07, 6.45) is 1.51. The number of carbonyl (C=O) groups excluding carboxylic acids is 1. The predicted octanol–water partition coefficient (Wildman–Crippen LogP) is 0.937. The number of rotatable bonds is 4. The molecule has 2 aromatic rings. The van der Waals surface area contributed by atoms with Crippen molar-refractivity contribution < 1.29 is 9.18 Å². The van der Waals surface area contributed by atoms with Crippen molar-refractivity contribution in [2.45, 2.75) is 13.5 Å². The fourth-order valence-corrected chi connectivity index (χ4v) is 1.60. The summed E-state index contributed by atoms with van der Waals surface area (Å²) in [4.78, 5) is 11.9. The summed E-state index contributed by atoms with van der Waals surface area (Å²) in [5.74, 6) is -0.734. The quantitative estimate of drug-likeness (QED) is 0.859. The molecule has 0 aliphatic rings. The van der Waals surface area contributed by atoms with E-state index in [-0.39, 0.29) is 11.5 Å². The lowest BCUT2D eigenvalue weighted by atomic mass is 10.2. The molecule has 0 atom stereocenters. The molecular weight excluding hydrogens is 249 g/mol. The Kier molecular flexibility index (Phi) is 3.86. The predicted molar refractivity (Wildman–Crippen MR) is 68.2 cm³/mol. The molecule has 100 valence electrons. The normalized spacial score (nSPS) is 10.5. The van der Waals surface area contributed by atoms with Crippen molar-refractivity contribution in [1.29, 1.82) is 0 Å². The van der Waals surface area contributed by atoms with Crippen LogP contribution in [0, 0.1) is 12.7 Å². The Bertz CT molecular complexity index is 596. The lowest BCUT2D eigenvalue weighted by molar-refractivity contribution is 0.102. The van der Waals surface area contributed by atoms with Crippen molar-refractivity contribution >= 4 is 11.6 Å². The van der Waals surface area contributed by atoms with Gasteiger partial charge in [0.2, 0.25) is 0 Å². The number of aromatic nitrogens is 3. The number of benzene rings is 1. The summed E-state index contributed by atoms with van der Waals surface area (Å²) < 4.78 is 14.4. The molecule has 1 aromatic carbocycles. The summed E-state index contributed by atoms with van der Waals surface area (Å²) in [6, 6.07) is 4.14. The Morgan fingerprint density at radius 2 is 2.32 bits per heavy atom. The highest BCUT2D eigenvalue weighted by Gasteiger charge is 2.12. The largest absolute Gasteiger partial charge is 0.329 e. The summed E-state index contributed by atoms with van der Waals surface area (Å²) in [7, 11) is 0. The van der Waals surface area contributed by atoms with E-state index in [1.165, 1.54) is 29.1 Å². The first-order valence-electron chi connectivity index (χ1n) is 5.78. The Morgan fingerprint density at radius 3 is 3.00 bits per heavy atom. The lowest BCUT2D eigenvalue weighted by Gasteiger charge is -2.06. The average Bonchev–Trinajstić information content (AvgIpc) is 2.82. The van der Waals surface area contributed by atoms with Gasteiger partial charge in [-0.1, -0.05) is 5.21 Å². The van der Waals surface area contributed by atoms with Crippen molar-refractivity contribution in [3.63, 3.8) is 0 Å². The molecule has 19 heavy (non-hydrogen) atoms. The molecule has 2 rings (SSSR count). The highest BCUT2D eigenvalue weighted by molar-refractivity contribution is 6.02. The first-order chi connectivity index (χ1) is 9.10. The van der Waals surface area contributed by atoms with Crippen LogP contribution in [0.15, 0.2) is 24.4 Å². The highest BCUT2D eigenvalue weighted by atomic mass is 19.1. The lowest BCUT2D eigenvalue weighted by Crippen LogP contribution is -2.13. The van der Waals surface area contributed by atoms with Crippen molar-refractivity contribution in [1.82, 2.24) is 15.0 Å².